The average Bonchev–Trinajstić information content (AvgIpc) is 3.30. The van der Waals surface area contributed by atoms with Gasteiger partial charge in [-0.25, -0.2) is 24.3 Å². The van der Waals surface area contributed by atoms with Gasteiger partial charge in [-0.2, -0.15) is 0 Å². The van der Waals surface area contributed by atoms with E-state index >= 15 is 0 Å². The molecule has 1 saturated carbocycles. The van der Waals surface area contributed by atoms with Crippen molar-refractivity contribution in [3.8, 4) is 16.9 Å². The topological polar surface area (TPSA) is 77.2 Å². The molecule has 7 nitrogen and oxygen atoms in total. The van der Waals surface area contributed by atoms with E-state index in [0.717, 1.165) is 33.9 Å². The number of hydrogen-bond acceptors (Lipinski definition) is 6. The quantitative estimate of drug-likeness (QED) is 0.548. The number of hydrogen-bond donors (Lipinski definition) is 1. The highest BCUT2D eigenvalue weighted by atomic mass is 19.1. The molecule has 8 heteroatoms. The number of rotatable bonds is 5. The second-order valence-corrected chi connectivity index (χ2v) is 7.68. The molecule has 1 aliphatic heterocycles. The first kappa shape index (κ1) is 17.3. The van der Waals surface area contributed by atoms with Crippen molar-refractivity contribution >= 4 is 11.6 Å². The number of imidazole rings is 1. The lowest BCUT2D eigenvalue weighted by molar-refractivity contribution is 0.356. The second-order valence-electron chi connectivity index (χ2n) is 7.68. The van der Waals surface area contributed by atoms with Crippen LogP contribution in [0.4, 0.5) is 10.3 Å². The van der Waals surface area contributed by atoms with Gasteiger partial charge in [0.1, 0.15) is 23.0 Å². The van der Waals surface area contributed by atoms with Crippen LogP contribution in [-0.4, -0.2) is 30.9 Å². The maximum Gasteiger partial charge on any atom is 0.208 e. The van der Waals surface area contributed by atoms with Crippen molar-refractivity contribution in [2.75, 3.05) is 11.9 Å². The predicted molar refractivity (Wildman–Crippen MR) is 109 cm³/mol. The minimum atomic E-state index is -0.238. The molecule has 150 valence electrons. The van der Waals surface area contributed by atoms with Crippen molar-refractivity contribution in [2.24, 2.45) is 0 Å². The smallest absolute Gasteiger partial charge is 0.208 e. The standard InChI is InChI=1S/C22H19FN6O/c23-18-3-4-19-15(5-8-30-19)17(18)12-28-22-27-11-16(21-24-6-7-29(21)22)14-9-25-20(26-10-14)13-1-2-13/h3-4,6-7,9-11,13H,1-2,5,8,12H2,(H,27,28). The normalized spacial score (nSPS) is 15.2. The summed E-state index contributed by atoms with van der Waals surface area (Å²) in [7, 11) is 0. The fourth-order valence-electron chi connectivity index (χ4n) is 3.96. The highest BCUT2D eigenvalue weighted by Crippen LogP contribution is 2.38. The fraction of sp³-hybridized carbons (Fsp3) is 0.273. The number of fused-ring (bicyclic) bond motifs is 2. The number of anilines is 1. The first-order valence-corrected chi connectivity index (χ1v) is 10.1. The molecule has 30 heavy (non-hydrogen) atoms. The van der Waals surface area contributed by atoms with Crippen LogP contribution in [0.1, 0.15) is 35.7 Å². The van der Waals surface area contributed by atoms with E-state index in [2.05, 4.69) is 25.3 Å². The van der Waals surface area contributed by atoms with E-state index in [4.69, 9.17) is 4.74 Å². The number of ether oxygens (including phenoxy) is 1. The van der Waals surface area contributed by atoms with E-state index in [1.807, 2.05) is 23.0 Å². The third-order valence-electron chi connectivity index (χ3n) is 5.72. The van der Waals surface area contributed by atoms with Crippen LogP contribution in [0.2, 0.25) is 0 Å². The van der Waals surface area contributed by atoms with Crippen LogP contribution in [0.5, 0.6) is 5.75 Å². The summed E-state index contributed by atoms with van der Waals surface area (Å²) in [4.78, 5) is 18.1. The van der Waals surface area contributed by atoms with Gasteiger partial charge in [-0.1, -0.05) is 0 Å². The molecule has 6 rings (SSSR count). The molecule has 1 aliphatic carbocycles. The monoisotopic (exact) mass is 402 g/mol. The number of nitrogens with one attached hydrogen (secondary N) is 1. The molecule has 3 aromatic heterocycles. The van der Waals surface area contributed by atoms with Crippen molar-refractivity contribution in [1.82, 2.24) is 24.3 Å². The van der Waals surface area contributed by atoms with E-state index in [1.165, 1.54) is 18.9 Å². The third kappa shape index (κ3) is 2.87. The summed E-state index contributed by atoms with van der Waals surface area (Å²) in [6.45, 7) is 0.906. The van der Waals surface area contributed by atoms with E-state index in [9.17, 15) is 4.39 Å². The molecule has 0 bridgehead atoms. The molecular weight excluding hydrogens is 383 g/mol. The van der Waals surface area contributed by atoms with Crippen LogP contribution in [0.3, 0.4) is 0 Å². The lowest BCUT2D eigenvalue weighted by Gasteiger charge is -2.13. The Balaban J connectivity index is 1.31. The Morgan fingerprint density at radius 1 is 1.10 bits per heavy atom. The Morgan fingerprint density at radius 3 is 2.80 bits per heavy atom. The molecule has 1 fully saturated rings. The number of benzene rings is 1. The second kappa shape index (κ2) is 6.76. The van der Waals surface area contributed by atoms with Gasteiger partial charge in [-0.3, -0.25) is 4.40 Å². The third-order valence-corrected chi connectivity index (χ3v) is 5.72. The lowest BCUT2D eigenvalue weighted by Crippen LogP contribution is -2.09. The molecular formula is C22H19FN6O. The zero-order valence-electron chi connectivity index (χ0n) is 16.2. The van der Waals surface area contributed by atoms with Gasteiger partial charge in [0.2, 0.25) is 5.95 Å². The Morgan fingerprint density at radius 2 is 1.97 bits per heavy atom. The van der Waals surface area contributed by atoms with Gasteiger partial charge < -0.3 is 10.1 Å². The molecule has 1 aromatic carbocycles. The van der Waals surface area contributed by atoms with Crippen molar-refractivity contribution < 1.29 is 9.13 Å². The van der Waals surface area contributed by atoms with Gasteiger partial charge in [-0.05, 0) is 25.0 Å². The summed E-state index contributed by atoms with van der Waals surface area (Å²) in [6.07, 6.45) is 12.0. The zero-order chi connectivity index (χ0) is 20.1. The Kier molecular flexibility index (Phi) is 3.90. The van der Waals surface area contributed by atoms with E-state index in [-0.39, 0.29) is 5.82 Å². The fourth-order valence-corrected chi connectivity index (χ4v) is 3.96. The molecule has 0 saturated heterocycles. The van der Waals surface area contributed by atoms with Gasteiger partial charge in [0.15, 0.2) is 0 Å². The first-order valence-electron chi connectivity index (χ1n) is 10.1. The SMILES string of the molecule is Fc1ccc2c(c1CNc1ncc(-c3cnc(C4CC4)nc3)c3nccn13)CCO2. The van der Waals surface area contributed by atoms with Gasteiger partial charge in [0.05, 0.1) is 6.61 Å². The molecule has 0 amide bonds. The van der Waals surface area contributed by atoms with Gasteiger partial charge in [-0.15, -0.1) is 0 Å². The van der Waals surface area contributed by atoms with Gasteiger partial charge in [0, 0.05) is 72.1 Å². The molecule has 1 N–H and O–H groups in total. The first-order chi connectivity index (χ1) is 14.8. The molecule has 0 atom stereocenters. The van der Waals surface area contributed by atoms with E-state index in [1.54, 1.807) is 18.5 Å². The highest BCUT2D eigenvalue weighted by Gasteiger charge is 2.26. The van der Waals surface area contributed by atoms with Crippen LogP contribution in [0.15, 0.2) is 43.1 Å². The van der Waals surface area contributed by atoms with Crippen LogP contribution in [0.25, 0.3) is 16.8 Å². The molecule has 0 spiro atoms. The van der Waals surface area contributed by atoms with Crippen molar-refractivity contribution in [2.45, 2.75) is 31.7 Å². The largest absolute Gasteiger partial charge is 0.493 e. The van der Waals surface area contributed by atoms with Crippen molar-refractivity contribution in [3.05, 3.63) is 65.9 Å². The Bertz CT molecular complexity index is 1250. The van der Waals surface area contributed by atoms with Crippen LogP contribution in [-0.2, 0) is 13.0 Å². The van der Waals surface area contributed by atoms with Gasteiger partial charge >= 0.3 is 0 Å². The van der Waals surface area contributed by atoms with Crippen molar-refractivity contribution in [1.29, 1.82) is 0 Å². The Hall–Kier alpha value is -3.55. The summed E-state index contributed by atoms with van der Waals surface area (Å²) in [5.74, 6) is 2.54. The maximum atomic E-state index is 14.4. The molecule has 4 aromatic rings. The zero-order valence-corrected chi connectivity index (χ0v) is 16.2. The number of aromatic nitrogens is 5. The summed E-state index contributed by atoms with van der Waals surface area (Å²) < 4.78 is 21.9. The van der Waals surface area contributed by atoms with Crippen LogP contribution >= 0.6 is 0 Å². The molecule has 4 heterocycles. The summed E-state index contributed by atoms with van der Waals surface area (Å²) in [6, 6.07) is 3.15. The Labute approximate surface area is 172 Å². The number of halogens is 1. The number of nitrogens with zero attached hydrogens (tertiary/aromatic N) is 5. The van der Waals surface area contributed by atoms with Crippen molar-refractivity contribution in [3.63, 3.8) is 0 Å². The minimum Gasteiger partial charge on any atom is -0.493 e. The van der Waals surface area contributed by atoms with E-state index < -0.39 is 0 Å². The molecule has 0 unspecified atom stereocenters. The van der Waals surface area contributed by atoms with Crippen LogP contribution < -0.4 is 10.1 Å². The molecule has 0 radical (unpaired) electrons. The average molecular weight is 402 g/mol. The maximum absolute atomic E-state index is 14.4. The molecule has 2 aliphatic rings. The predicted octanol–water partition coefficient (Wildman–Crippen LogP) is 3.75. The summed E-state index contributed by atoms with van der Waals surface area (Å²) in [5.41, 5.74) is 4.02. The van der Waals surface area contributed by atoms with Gasteiger partial charge in [0.25, 0.3) is 0 Å². The summed E-state index contributed by atoms with van der Waals surface area (Å²) in [5, 5.41) is 3.26. The summed E-state index contributed by atoms with van der Waals surface area (Å²) >= 11 is 0. The minimum absolute atomic E-state index is 0.238. The lowest BCUT2D eigenvalue weighted by atomic mass is 10.0. The van der Waals surface area contributed by atoms with Crippen LogP contribution in [0, 0.1) is 5.82 Å². The van der Waals surface area contributed by atoms with E-state index in [0.29, 0.717) is 37.0 Å². The highest BCUT2D eigenvalue weighted by molar-refractivity contribution is 5.77.